The van der Waals surface area contributed by atoms with E-state index in [-0.39, 0.29) is 5.56 Å². The van der Waals surface area contributed by atoms with Crippen molar-refractivity contribution >= 4 is 27.7 Å². The highest BCUT2D eigenvalue weighted by molar-refractivity contribution is 9.10. The minimum absolute atomic E-state index is 0.305. The molecule has 0 amide bonds. The highest BCUT2D eigenvalue weighted by atomic mass is 79.9. The van der Waals surface area contributed by atoms with E-state index in [0.29, 0.717) is 10.2 Å². The summed E-state index contributed by atoms with van der Waals surface area (Å²) in [6.07, 6.45) is 1.56. The summed E-state index contributed by atoms with van der Waals surface area (Å²) in [5.74, 6) is -3.02. The lowest BCUT2D eigenvalue weighted by Gasteiger charge is -2.21. The van der Waals surface area contributed by atoms with E-state index in [2.05, 4.69) is 20.9 Å². The molecule has 0 radical (unpaired) electrons. The minimum atomic E-state index is -1.17. The van der Waals surface area contributed by atoms with Crippen molar-refractivity contribution in [1.29, 1.82) is 0 Å². The van der Waals surface area contributed by atoms with Crippen LogP contribution in [-0.2, 0) is 0 Å². The molecule has 0 fully saturated rings. The van der Waals surface area contributed by atoms with Gasteiger partial charge < -0.3 is 0 Å². The maximum atomic E-state index is 14.5. The maximum absolute atomic E-state index is 14.5. The van der Waals surface area contributed by atoms with Gasteiger partial charge in [0.25, 0.3) is 0 Å². The fourth-order valence-electron chi connectivity index (χ4n) is 2.50. The SMILES string of the molecule is Cc1cc(Br)ncc1C(Sc1ccccc1)c1c(F)ccc(F)c1F. The number of aromatic nitrogens is 1. The first-order valence-electron chi connectivity index (χ1n) is 7.44. The van der Waals surface area contributed by atoms with Gasteiger partial charge in [0.1, 0.15) is 10.4 Å². The Morgan fingerprint density at radius 2 is 1.68 bits per heavy atom. The van der Waals surface area contributed by atoms with E-state index < -0.39 is 22.7 Å². The molecule has 0 aliphatic rings. The average molecular weight is 424 g/mol. The predicted molar refractivity (Wildman–Crippen MR) is 97.1 cm³/mol. The second-order valence-corrected chi connectivity index (χ2v) is 7.42. The number of pyridine rings is 1. The van der Waals surface area contributed by atoms with Crippen LogP contribution in [0.25, 0.3) is 0 Å². The lowest BCUT2D eigenvalue weighted by atomic mass is 10.0. The van der Waals surface area contributed by atoms with Crippen molar-refractivity contribution in [2.75, 3.05) is 0 Å². The number of nitrogens with zero attached hydrogens (tertiary/aromatic N) is 1. The first-order valence-corrected chi connectivity index (χ1v) is 9.11. The second-order valence-electron chi connectivity index (χ2n) is 5.43. The van der Waals surface area contributed by atoms with Gasteiger partial charge in [0.2, 0.25) is 0 Å². The third-order valence-electron chi connectivity index (χ3n) is 3.74. The van der Waals surface area contributed by atoms with Crippen LogP contribution in [0.3, 0.4) is 0 Å². The molecule has 3 aromatic rings. The van der Waals surface area contributed by atoms with E-state index in [4.69, 9.17) is 0 Å². The summed E-state index contributed by atoms with van der Waals surface area (Å²) in [5, 5.41) is -0.765. The van der Waals surface area contributed by atoms with Gasteiger partial charge in [-0.15, -0.1) is 11.8 Å². The van der Waals surface area contributed by atoms with Crippen LogP contribution in [0.15, 0.2) is 64.2 Å². The molecule has 2 aromatic carbocycles. The molecular formula is C19H13BrF3NS. The molecule has 0 saturated carbocycles. The Morgan fingerprint density at radius 1 is 1.00 bits per heavy atom. The van der Waals surface area contributed by atoms with Crippen molar-refractivity contribution in [3.8, 4) is 0 Å². The number of aryl methyl sites for hydroxylation is 1. The molecule has 0 aliphatic carbocycles. The van der Waals surface area contributed by atoms with Gasteiger partial charge in [-0.3, -0.25) is 0 Å². The number of thioether (sulfide) groups is 1. The Balaban J connectivity index is 2.17. The molecule has 1 aromatic heterocycles. The largest absolute Gasteiger partial charge is 0.249 e. The fourth-order valence-corrected chi connectivity index (χ4v) is 4.24. The second kappa shape index (κ2) is 7.62. The fraction of sp³-hybridized carbons (Fsp3) is 0.105. The van der Waals surface area contributed by atoms with Crippen molar-refractivity contribution < 1.29 is 13.2 Å². The van der Waals surface area contributed by atoms with E-state index in [1.807, 2.05) is 37.3 Å². The first kappa shape index (κ1) is 18.0. The normalized spacial score (nSPS) is 12.2. The quantitative estimate of drug-likeness (QED) is 0.271. The molecule has 1 atom stereocenters. The third kappa shape index (κ3) is 3.90. The Labute approximate surface area is 156 Å². The Bertz CT molecular complexity index is 903. The van der Waals surface area contributed by atoms with Crippen LogP contribution in [0, 0.1) is 24.4 Å². The van der Waals surface area contributed by atoms with E-state index in [9.17, 15) is 13.2 Å². The van der Waals surface area contributed by atoms with Crippen molar-refractivity contribution in [2.24, 2.45) is 0 Å². The lowest BCUT2D eigenvalue weighted by molar-refractivity contribution is 0.481. The summed E-state index contributed by atoms with van der Waals surface area (Å²) < 4.78 is 43.3. The van der Waals surface area contributed by atoms with Crippen molar-refractivity contribution in [3.05, 3.63) is 93.5 Å². The van der Waals surface area contributed by atoms with Crippen molar-refractivity contribution in [3.63, 3.8) is 0 Å². The van der Waals surface area contributed by atoms with Crippen LogP contribution < -0.4 is 0 Å². The molecule has 0 saturated heterocycles. The smallest absolute Gasteiger partial charge is 0.166 e. The van der Waals surface area contributed by atoms with Gasteiger partial charge in [-0.1, -0.05) is 18.2 Å². The average Bonchev–Trinajstić information content (AvgIpc) is 2.59. The molecule has 0 spiro atoms. The van der Waals surface area contributed by atoms with E-state index in [1.54, 1.807) is 12.3 Å². The minimum Gasteiger partial charge on any atom is -0.249 e. The standard InChI is InChI=1S/C19H13BrF3NS/c1-11-9-16(20)24-10-13(11)19(25-12-5-3-2-4-6-12)17-14(21)7-8-15(22)18(17)23/h2-10,19H,1H3. The first-order chi connectivity index (χ1) is 12.0. The molecule has 6 heteroatoms. The Hall–Kier alpha value is -1.79. The van der Waals surface area contributed by atoms with Gasteiger partial charge in [-0.05, 0) is 64.3 Å². The number of hydrogen-bond acceptors (Lipinski definition) is 2. The van der Waals surface area contributed by atoms with E-state index >= 15 is 0 Å². The number of halogens is 4. The van der Waals surface area contributed by atoms with Crippen molar-refractivity contribution in [2.45, 2.75) is 17.1 Å². The zero-order valence-corrected chi connectivity index (χ0v) is 15.5. The molecule has 128 valence electrons. The van der Waals surface area contributed by atoms with Crippen LogP contribution in [0.2, 0.25) is 0 Å². The summed E-state index contributed by atoms with van der Waals surface area (Å²) >= 11 is 4.53. The maximum Gasteiger partial charge on any atom is 0.166 e. The third-order valence-corrected chi connectivity index (χ3v) is 5.44. The number of rotatable bonds is 4. The summed E-state index contributed by atoms with van der Waals surface area (Å²) in [5.41, 5.74) is 1.12. The van der Waals surface area contributed by atoms with Crippen LogP contribution in [0.5, 0.6) is 0 Å². The predicted octanol–water partition coefficient (Wildman–Crippen LogP) is 6.45. The molecule has 0 bridgehead atoms. The van der Waals surface area contributed by atoms with Crippen LogP contribution in [0.4, 0.5) is 13.2 Å². The van der Waals surface area contributed by atoms with Crippen LogP contribution in [-0.4, -0.2) is 4.98 Å². The topological polar surface area (TPSA) is 12.9 Å². The molecule has 25 heavy (non-hydrogen) atoms. The Morgan fingerprint density at radius 3 is 2.36 bits per heavy atom. The van der Waals surface area contributed by atoms with E-state index in [0.717, 1.165) is 22.6 Å². The molecule has 1 nitrogen and oxygen atoms in total. The molecule has 1 heterocycles. The van der Waals surface area contributed by atoms with Gasteiger partial charge >= 0.3 is 0 Å². The summed E-state index contributed by atoms with van der Waals surface area (Å²) in [7, 11) is 0. The summed E-state index contributed by atoms with van der Waals surface area (Å²) in [6, 6.07) is 12.7. The van der Waals surface area contributed by atoms with Crippen molar-refractivity contribution in [1.82, 2.24) is 4.98 Å². The van der Waals surface area contributed by atoms with Gasteiger partial charge in [0.05, 0.1) is 5.25 Å². The van der Waals surface area contributed by atoms with Gasteiger partial charge in [-0.2, -0.15) is 0 Å². The van der Waals surface area contributed by atoms with E-state index in [1.165, 1.54) is 11.8 Å². The number of benzene rings is 2. The highest BCUT2D eigenvalue weighted by Gasteiger charge is 2.27. The summed E-state index contributed by atoms with van der Waals surface area (Å²) in [6.45, 7) is 1.83. The zero-order chi connectivity index (χ0) is 18.0. The van der Waals surface area contributed by atoms with Gasteiger partial charge in [0, 0.05) is 16.7 Å². The highest BCUT2D eigenvalue weighted by Crippen LogP contribution is 2.43. The Kier molecular flexibility index (Phi) is 5.49. The monoisotopic (exact) mass is 423 g/mol. The molecule has 0 aliphatic heterocycles. The van der Waals surface area contributed by atoms with Gasteiger partial charge in [-0.25, -0.2) is 18.2 Å². The molecule has 0 N–H and O–H groups in total. The van der Waals surface area contributed by atoms with Crippen LogP contribution in [0.1, 0.15) is 21.9 Å². The molecular weight excluding hydrogens is 411 g/mol. The molecule has 3 rings (SSSR count). The van der Waals surface area contributed by atoms with Gasteiger partial charge in [0.15, 0.2) is 11.6 Å². The summed E-state index contributed by atoms with van der Waals surface area (Å²) in [4.78, 5) is 4.99. The zero-order valence-electron chi connectivity index (χ0n) is 13.1. The molecule has 1 unspecified atom stereocenters. The lowest BCUT2D eigenvalue weighted by Crippen LogP contribution is -2.07. The van der Waals surface area contributed by atoms with Crippen LogP contribution >= 0.6 is 27.7 Å². The number of hydrogen-bond donors (Lipinski definition) is 0.